The second-order valence-electron chi connectivity index (χ2n) is 9.33. The van der Waals surface area contributed by atoms with Gasteiger partial charge in [-0.05, 0) is 48.8 Å². The number of aromatic nitrogens is 1. The van der Waals surface area contributed by atoms with Gasteiger partial charge in [0.05, 0.1) is 5.69 Å². The van der Waals surface area contributed by atoms with Crippen LogP contribution in [0.5, 0.6) is 0 Å². The van der Waals surface area contributed by atoms with E-state index in [2.05, 4.69) is 10.3 Å². The van der Waals surface area contributed by atoms with Crippen LogP contribution in [0, 0.1) is 11.8 Å². The smallest absolute Gasteiger partial charge is 0.325 e. The van der Waals surface area contributed by atoms with Gasteiger partial charge in [-0.25, -0.2) is 4.79 Å². The van der Waals surface area contributed by atoms with Crippen LogP contribution in [0.3, 0.4) is 0 Å². The summed E-state index contributed by atoms with van der Waals surface area (Å²) in [5.41, 5.74) is -0.766. The number of ketones is 1. The number of nitrogens with zero attached hydrogens (tertiary/aromatic N) is 3. The Balaban J connectivity index is 1.54. The van der Waals surface area contributed by atoms with E-state index in [1.165, 1.54) is 4.90 Å². The fraction of sp³-hybridized carbons (Fsp3) is 0.480. The molecule has 4 rings (SSSR count). The van der Waals surface area contributed by atoms with E-state index in [4.69, 9.17) is 0 Å². The molecule has 2 aliphatic rings. The molecule has 2 aliphatic heterocycles. The third kappa shape index (κ3) is 4.61. The zero-order valence-corrected chi connectivity index (χ0v) is 20.3. The first-order valence-electron chi connectivity index (χ1n) is 11.7. The molecule has 2 fully saturated rings. The summed E-state index contributed by atoms with van der Waals surface area (Å²) in [6.07, 6.45) is 3.42. The maximum atomic E-state index is 13.8. The summed E-state index contributed by atoms with van der Waals surface area (Å²) in [4.78, 5) is 60.1. The fourth-order valence-corrected chi connectivity index (χ4v) is 5.58. The van der Waals surface area contributed by atoms with Crippen molar-refractivity contribution in [3.63, 3.8) is 0 Å². The van der Waals surface area contributed by atoms with Gasteiger partial charge in [-0.15, -0.1) is 11.3 Å². The Morgan fingerprint density at radius 3 is 2.56 bits per heavy atom. The van der Waals surface area contributed by atoms with Crippen LogP contribution in [0.4, 0.5) is 4.79 Å². The Kier molecular flexibility index (Phi) is 7.11. The summed E-state index contributed by atoms with van der Waals surface area (Å²) in [5, 5.41) is 4.96. The number of likely N-dealkylation sites (tertiary alicyclic amines) is 1. The lowest BCUT2D eigenvalue weighted by atomic mass is 9.75. The monoisotopic (exact) mass is 482 g/mol. The fourth-order valence-electron chi connectivity index (χ4n) is 4.88. The summed E-state index contributed by atoms with van der Waals surface area (Å²) >= 11 is 1.59. The van der Waals surface area contributed by atoms with Crippen LogP contribution in [0.2, 0.25) is 0 Å². The summed E-state index contributed by atoms with van der Waals surface area (Å²) < 4.78 is 0. The van der Waals surface area contributed by atoms with Gasteiger partial charge in [-0.2, -0.15) is 0 Å². The molecule has 2 aromatic heterocycles. The predicted octanol–water partition coefficient (Wildman–Crippen LogP) is 2.99. The Bertz CT molecular complexity index is 1050. The van der Waals surface area contributed by atoms with Crippen molar-refractivity contribution < 1.29 is 19.2 Å². The van der Waals surface area contributed by atoms with E-state index in [0.717, 1.165) is 4.88 Å². The number of rotatable bonds is 8. The molecule has 180 valence electrons. The molecule has 0 saturated carbocycles. The van der Waals surface area contributed by atoms with Gasteiger partial charge in [-0.1, -0.05) is 26.0 Å². The highest BCUT2D eigenvalue weighted by atomic mass is 32.1. The van der Waals surface area contributed by atoms with Crippen molar-refractivity contribution in [3.8, 4) is 0 Å². The van der Waals surface area contributed by atoms with Crippen LogP contribution in [0.25, 0.3) is 0 Å². The highest BCUT2D eigenvalue weighted by molar-refractivity contribution is 7.09. The number of amides is 4. The first kappa shape index (κ1) is 24.1. The molecule has 0 radical (unpaired) electrons. The molecule has 4 heterocycles. The van der Waals surface area contributed by atoms with E-state index in [1.54, 1.807) is 40.6 Å². The van der Waals surface area contributed by atoms with Gasteiger partial charge in [0, 0.05) is 43.0 Å². The van der Waals surface area contributed by atoms with Crippen molar-refractivity contribution in [2.24, 2.45) is 11.8 Å². The number of piperidine rings is 1. The zero-order chi connectivity index (χ0) is 24.3. The number of carbonyl (C=O) groups excluding carboxylic acids is 4. The SMILES string of the molecule is CC(C)CC(=O)C(=O)N1CCC([C@@]2(c3ccccn3)NC(=O)N(CCc3cccs3)C2=O)CC1. The highest BCUT2D eigenvalue weighted by Crippen LogP contribution is 2.40. The van der Waals surface area contributed by atoms with Gasteiger partial charge in [-0.3, -0.25) is 24.3 Å². The van der Waals surface area contributed by atoms with Crippen molar-refractivity contribution in [2.75, 3.05) is 19.6 Å². The normalized spacial score (nSPS) is 21.3. The summed E-state index contributed by atoms with van der Waals surface area (Å²) in [6.45, 7) is 4.83. The predicted molar refractivity (Wildman–Crippen MR) is 128 cm³/mol. The average Bonchev–Trinajstić information content (AvgIpc) is 3.44. The molecule has 9 heteroatoms. The largest absolute Gasteiger partial charge is 0.336 e. The van der Waals surface area contributed by atoms with Gasteiger partial charge in [0.15, 0.2) is 5.54 Å². The second-order valence-corrected chi connectivity index (χ2v) is 10.4. The van der Waals surface area contributed by atoms with Crippen molar-refractivity contribution in [3.05, 3.63) is 52.5 Å². The minimum Gasteiger partial charge on any atom is -0.336 e. The molecular formula is C25H30N4O4S. The first-order valence-corrected chi connectivity index (χ1v) is 12.6. The second kappa shape index (κ2) is 10.0. The quantitative estimate of drug-likeness (QED) is 0.461. The summed E-state index contributed by atoms with van der Waals surface area (Å²) in [5.74, 6) is -1.26. The van der Waals surface area contributed by atoms with E-state index in [9.17, 15) is 19.2 Å². The maximum Gasteiger partial charge on any atom is 0.325 e. The number of carbonyl (C=O) groups is 4. The molecular weight excluding hydrogens is 452 g/mol. The summed E-state index contributed by atoms with van der Waals surface area (Å²) in [7, 11) is 0. The number of nitrogens with one attached hydrogen (secondary N) is 1. The van der Waals surface area contributed by atoms with Gasteiger partial charge in [0.2, 0.25) is 5.78 Å². The number of thiophene rings is 1. The minimum absolute atomic E-state index is 0.118. The number of urea groups is 1. The topological polar surface area (TPSA) is 99.7 Å². The third-order valence-corrected chi connectivity index (χ3v) is 7.53. The van der Waals surface area contributed by atoms with Gasteiger partial charge in [0.1, 0.15) is 0 Å². The lowest BCUT2D eigenvalue weighted by Crippen LogP contribution is -2.55. The minimum atomic E-state index is -1.27. The molecule has 2 saturated heterocycles. The molecule has 8 nitrogen and oxygen atoms in total. The molecule has 0 bridgehead atoms. The Hall–Kier alpha value is -3.07. The Morgan fingerprint density at radius 2 is 1.94 bits per heavy atom. The van der Waals surface area contributed by atoms with Crippen LogP contribution < -0.4 is 5.32 Å². The maximum absolute atomic E-state index is 13.8. The number of hydrogen-bond acceptors (Lipinski definition) is 6. The van der Waals surface area contributed by atoms with E-state index in [0.29, 0.717) is 44.6 Å². The van der Waals surface area contributed by atoms with E-state index < -0.39 is 17.5 Å². The molecule has 1 atom stereocenters. The number of hydrogen-bond donors (Lipinski definition) is 1. The van der Waals surface area contributed by atoms with Crippen molar-refractivity contribution in [1.29, 1.82) is 0 Å². The van der Waals surface area contributed by atoms with Gasteiger partial charge >= 0.3 is 6.03 Å². The Labute approximate surface area is 203 Å². The van der Waals surface area contributed by atoms with Crippen LogP contribution in [-0.2, 0) is 26.3 Å². The number of imide groups is 1. The van der Waals surface area contributed by atoms with Gasteiger partial charge in [0.25, 0.3) is 11.8 Å². The molecule has 0 spiro atoms. The van der Waals surface area contributed by atoms with E-state index in [-0.39, 0.29) is 29.9 Å². The third-order valence-electron chi connectivity index (χ3n) is 6.59. The molecule has 0 aromatic carbocycles. The zero-order valence-electron chi connectivity index (χ0n) is 19.5. The van der Waals surface area contributed by atoms with Crippen molar-refractivity contribution in [1.82, 2.24) is 20.1 Å². The standard InChI is InChI=1S/C25H30N4O4S/c1-17(2)16-20(30)22(31)28-12-8-18(9-13-28)25(21-7-3-4-11-26-21)23(32)29(24(33)27-25)14-10-19-6-5-15-34-19/h3-7,11,15,17-18H,8-10,12-14,16H2,1-2H3,(H,27,33)/t25-/m0/s1. The van der Waals surface area contributed by atoms with E-state index >= 15 is 0 Å². The van der Waals surface area contributed by atoms with Gasteiger partial charge < -0.3 is 10.2 Å². The van der Waals surface area contributed by atoms with Crippen molar-refractivity contribution in [2.45, 2.75) is 45.1 Å². The van der Waals surface area contributed by atoms with Crippen molar-refractivity contribution >= 4 is 35.0 Å². The molecule has 0 unspecified atom stereocenters. The van der Waals surface area contributed by atoms with Crippen LogP contribution >= 0.6 is 11.3 Å². The molecule has 1 N–H and O–H groups in total. The first-order chi connectivity index (χ1) is 16.3. The van der Waals surface area contributed by atoms with E-state index in [1.807, 2.05) is 31.4 Å². The highest BCUT2D eigenvalue weighted by Gasteiger charge is 2.58. The van der Waals surface area contributed by atoms with Crippen LogP contribution in [-0.4, -0.2) is 58.0 Å². The molecule has 0 aliphatic carbocycles. The lowest BCUT2D eigenvalue weighted by Gasteiger charge is -2.40. The lowest BCUT2D eigenvalue weighted by molar-refractivity contribution is -0.146. The average molecular weight is 483 g/mol. The molecule has 4 amide bonds. The molecule has 2 aromatic rings. The molecule has 34 heavy (non-hydrogen) atoms. The van der Waals surface area contributed by atoms with Crippen LogP contribution in [0.15, 0.2) is 41.9 Å². The number of pyridine rings is 1. The van der Waals surface area contributed by atoms with Crippen LogP contribution in [0.1, 0.15) is 43.7 Å². The number of Topliss-reactive ketones (excluding diaryl/α,β-unsaturated/α-hetero) is 1. The Morgan fingerprint density at radius 1 is 1.18 bits per heavy atom. The summed E-state index contributed by atoms with van der Waals surface area (Å²) in [6, 6.07) is 8.87.